The molecular formula is C28H31N5O4S2. The Morgan fingerprint density at radius 2 is 2.03 bits per heavy atom. The molecule has 1 atom stereocenters. The summed E-state index contributed by atoms with van der Waals surface area (Å²) in [7, 11) is -1.73. The van der Waals surface area contributed by atoms with Gasteiger partial charge in [0.2, 0.25) is 0 Å². The van der Waals surface area contributed by atoms with Gasteiger partial charge in [0.05, 0.1) is 16.2 Å². The van der Waals surface area contributed by atoms with Crippen molar-refractivity contribution < 1.29 is 18.3 Å². The van der Waals surface area contributed by atoms with Crippen molar-refractivity contribution in [2.24, 2.45) is 0 Å². The average Bonchev–Trinajstić information content (AvgIpc) is 3.56. The second kappa shape index (κ2) is 11.3. The predicted molar refractivity (Wildman–Crippen MR) is 154 cm³/mol. The maximum Gasteiger partial charge on any atom is 0.251 e. The fourth-order valence-corrected chi connectivity index (χ4v) is 7.12. The largest absolute Gasteiger partial charge is 0.494 e. The maximum atomic E-state index is 13.4. The number of piperazine rings is 1. The zero-order chi connectivity index (χ0) is 27.6. The first kappa shape index (κ1) is 27.1. The number of fused-ring (bicyclic) bond motifs is 1. The summed E-state index contributed by atoms with van der Waals surface area (Å²) < 4.78 is 26.9. The Kier molecular flexibility index (Phi) is 7.85. The lowest BCUT2D eigenvalue weighted by Crippen LogP contribution is -2.50. The van der Waals surface area contributed by atoms with Crippen LogP contribution >= 0.6 is 11.3 Å². The van der Waals surface area contributed by atoms with Crippen molar-refractivity contribution >= 4 is 38.0 Å². The number of H-pyrrole nitrogens is 1. The van der Waals surface area contributed by atoms with E-state index in [0.29, 0.717) is 47.4 Å². The molecular weight excluding hydrogens is 534 g/mol. The van der Waals surface area contributed by atoms with Gasteiger partial charge in [0.15, 0.2) is 15.7 Å². The Morgan fingerprint density at radius 3 is 2.69 bits per heavy atom. The number of likely N-dealkylation sites (N-methyl/N-ethyl adjacent to an activating group) is 1. The fraction of sp³-hybridized carbons (Fsp3) is 0.286. The maximum absolute atomic E-state index is 13.4. The first-order chi connectivity index (χ1) is 18.8. The van der Waals surface area contributed by atoms with Crippen molar-refractivity contribution in [1.82, 2.24) is 25.1 Å². The summed E-state index contributed by atoms with van der Waals surface area (Å²) in [5.74, 6) is -0.321. The Morgan fingerprint density at radius 1 is 1.23 bits per heavy atom. The smallest absolute Gasteiger partial charge is 0.251 e. The third kappa shape index (κ3) is 5.62. The Labute approximate surface area is 231 Å². The first-order valence-electron chi connectivity index (χ1n) is 12.7. The van der Waals surface area contributed by atoms with Crippen molar-refractivity contribution in [3.05, 3.63) is 77.1 Å². The minimum absolute atomic E-state index is 0.0835. The van der Waals surface area contributed by atoms with Crippen molar-refractivity contribution in [1.29, 1.82) is 0 Å². The summed E-state index contributed by atoms with van der Waals surface area (Å²) in [5.41, 5.74) is 1.89. The molecule has 9 nitrogen and oxygen atoms in total. The lowest BCUT2D eigenvalue weighted by molar-refractivity contribution is 0.0954. The van der Waals surface area contributed by atoms with Crippen molar-refractivity contribution in [2.45, 2.75) is 16.7 Å². The molecule has 1 saturated heterocycles. The molecule has 3 aromatic heterocycles. The monoisotopic (exact) mass is 565 g/mol. The van der Waals surface area contributed by atoms with Crippen LogP contribution in [0.1, 0.15) is 15.2 Å². The molecule has 4 heterocycles. The van der Waals surface area contributed by atoms with Crippen LogP contribution in [0.25, 0.3) is 22.2 Å². The second-order valence-electron chi connectivity index (χ2n) is 9.58. The van der Waals surface area contributed by atoms with Crippen LogP contribution in [0.3, 0.4) is 0 Å². The van der Waals surface area contributed by atoms with E-state index in [9.17, 15) is 18.3 Å². The second-order valence-corrected chi connectivity index (χ2v) is 12.7. The van der Waals surface area contributed by atoms with E-state index in [0.717, 1.165) is 19.5 Å². The highest BCUT2D eigenvalue weighted by Gasteiger charge is 2.32. The van der Waals surface area contributed by atoms with Gasteiger partial charge in [-0.1, -0.05) is 12.1 Å². The van der Waals surface area contributed by atoms with Crippen LogP contribution in [0.2, 0.25) is 0 Å². The topological polar surface area (TPSA) is 119 Å². The molecule has 0 radical (unpaired) electrons. The van der Waals surface area contributed by atoms with E-state index in [2.05, 4.69) is 26.8 Å². The van der Waals surface area contributed by atoms with Gasteiger partial charge in [0, 0.05) is 60.3 Å². The van der Waals surface area contributed by atoms with Gasteiger partial charge in [-0.2, -0.15) is 0 Å². The molecule has 5 rings (SSSR count). The van der Waals surface area contributed by atoms with E-state index in [4.69, 9.17) is 0 Å². The molecule has 1 fully saturated rings. The number of aromatic nitrogens is 2. The Balaban J connectivity index is 1.37. The van der Waals surface area contributed by atoms with Gasteiger partial charge < -0.3 is 20.3 Å². The molecule has 0 bridgehead atoms. The van der Waals surface area contributed by atoms with E-state index in [-0.39, 0.29) is 16.7 Å². The molecule has 1 aliphatic heterocycles. The van der Waals surface area contributed by atoms with Crippen LogP contribution < -0.4 is 5.32 Å². The lowest BCUT2D eigenvalue weighted by atomic mass is 10.1. The summed E-state index contributed by atoms with van der Waals surface area (Å²) >= 11 is 1.65. The van der Waals surface area contributed by atoms with Gasteiger partial charge in [-0.3, -0.25) is 14.7 Å². The molecule has 1 aliphatic rings. The number of rotatable bonds is 9. The summed E-state index contributed by atoms with van der Waals surface area (Å²) in [4.78, 5) is 25.5. The number of nitrogens with zero attached hydrogens (tertiary/aromatic N) is 3. The van der Waals surface area contributed by atoms with E-state index in [1.807, 2.05) is 29.5 Å². The average molecular weight is 566 g/mol. The number of amides is 1. The van der Waals surface area contributed by atoms with Crippen molar-refractivity contribution in [2.75, 3.05) is 39.8 Å². The number of carbonyl (C=O) groups is 1. The molecule has 39 heavy (non-hydrogen) atoms. The molecule has 3 N–H and O–H groups in total. The van der Waals surface area contributed by atoms with Gasteiger partial charge in [0.25, 0.3) is 5.91 Å². The van der Waals surface area contributed by atoms with E-state index < -0.39 is 15.2 Å². The third-order valence-electron chi connectivity index (χ3n) is 7.02. The van der Waals surface area contributed by atoms with E-state index in [1.54, 1.807) is 35.6 Å². The highest BCUT2D eigenvalue weighted by atomic mass is 32.2. The molecule has 0 aliphatic carbocycles. The highest BCUT2D eigenvalue weighted by Crippen LogP contribution is 2.36. The molecule has 1 aromatic carbocycles. The quantitative estimate of drug-likeness (QED) is 0.266. The minimum atomic E-state index is -3.75. The van der Waals surface area contributed by atoms with Gasteiger partial charge >= 0.3 is 0 Å². The van der Waals surface area contributed by atoms with E-state index >= 15 is 0 Å². The third-order valence-corrected chi connectivity index (χ3v) is 9.98. The first-order valence-corrected chi connectivity index (χ1v) is 15.1. The molecule has 0 spiro atoms. The molecule has 0 saturated carbocycles. The van der Waals surface area contributed by atoms with Crippen LogP contribution in [0.15, 0.2) is 71.6 Å². The normalized spacial score (nSPS) is 15.8. The molecule has 1 unspecified atom stereocenters. The van der Waals surface area contributed by atoms with Crippen molar-refractivity contribution in [3.8, 4) is 17.1 Å². The number of aromatic amines is 1. The van der Waals surface area contributed by atoms with Crippen molar-refractivity contribution in [3.63, 3.8) is 0 Å². The number of aromatic hydroxyl groups is 1. The Hall–Kier alpha value is -3.51. The standard InChI is InChI=1S/C28H31N5O4S2/c1-3-25(33-14-12-32(2)13-15-33)39(36,37)21-7-9-24(30-18-21)26-22-17-19(6-8-23(22)31-28(26)35)27(34)29-11-10-20-5-4-16-38-20/h3-9,16-18,25,31,35H,1,10-15H2,2H3,(H,29,34). The predicted octanol–water partition coefficient (Wildman–Crippen LogP) is 3.50. The molecule has 1 amide bonds. The zero-order valence-electron chi connectivity index (χ0n) is 21.6. The van der Waals surface area contributed by atoms with Gasteiger partial charge in [-0.25, -0.2) is 8.42 Å². The van der Waals surface area contributed by atoms with E-state index in [1.165, 1.54) is 23.2 Å². The number of benzene rings is 1. The number of sulfone groups is 1. The number of nitrogens with one attached hydrogen (secondary N) is 2. The molecule has 11 heteroatoms. The number of thiophene rings is 1. The van der Waals surface area contributed by atoms with Crippen LogP contribution in [-0.4, -0.2) is 84.3 Å². The number of hydrogen-bond donors (Lipinski definition) is 3. The van der Waals surface area contributed by atoms with Crippen LogP contribution in [-0.2, 0) is 16.3 Å². The van der Waals surface area contributed by atoms with Crippen LogP contribution in [0.4, 0.5) is 0 Å². The van der Waals surface area contributed by atoms with Gasteiger partial charge in [0.1, 0.15) is 5.37 Å². The number of carbonyl (C=O) groups excluding carboxylic acids is 1. The zero-order valence-corrected chi connectivity index (χ0v) is 23.3. The highest BCUT2D eigenvalue weighted by molar-refractivity contribution is 7.92. The molecule has 204 valence electrons. The van der Waals surface area contributed by atoms with Crippen LogP contribution in [0, 0.1) is 0 Å². The summed E-state index contributed by atoms with van der Waals surface area (Å²) in [6, 6.07) is 12.2. The molecule has 4 aromatic rings. The summed E-state index contributed by atoms with van der Waals surface area (Å²) in [6.45, 7) is 7.12. The number of hydrogen-bond acceptors (Lipinski definition) is 8. The summed E-state index contributed by atoms with van der Waals surface area (Å²) in [6.07, 6.45) is 3.53. The fourth-order valence-electron chi connectivity index (χ4n) is 4.82. The number of pyridine rings is 1. The van der Waals surface area contributed by atoms with Crippen LogP contribution in [0.5, 0.6) is 5.88 Å². The SMILES string of the molecule is C=CC(N1CCN(C)CC1)S(=O)(=O)c1ccc(-c2c(O)[nH]c3ccc(C(=O)NCCc4cccs4)cc23)nc1. The van der Waals surface area contributed by atoms with Gasteiger partial charge in [-0.15, -0.1) is 17.9 Å². The Bertz CT molecular complexity index is 1570. The summed E-state index contributed by atoms with van der Waals surface area (Å²) in [5, 5.41) is 15.4. The minimum Gasteiger partial charge on any atom is -0.494 e. The van der Waals surface area contributed by atoms with Gasteiger partial charge in [-0.05, 0) is 55.2 Å². The lowest BCUT2D eigenvalue weighted by Gasteiger charge is -2.36.